The van der Waals surface area contributed by atoms with Crippen LogP contribution in [0.25, 0.3) is 0 Å². The van der Waals surface area contributed by atoms with E-state index in [0.717, 1.165) is 6.07 Å². The van der Waals surface area contributed by atoms with Crippen LogP contribution in [0.2, 0.25) is 5.02 Å². The fourth-order valence-corrected chi connectivity index (χ4v) is 1.11. The van der Waals surface area contributed by atoms with Crippen LogP contribution >= 0.6 is 11.6 Å². The zero-order chi connectivity index (χ0) is 11.4. The normalized spacial score (nSPS) is 10.2. The summed E-state index contributed by atoms with van der Waals surface area (Å²) in [6.45, 7) is 3.43. The van der Waals surface area contributed by atoms with Crippen molar-refractivity contribution in [2.75, 3.05) is 5.32 Å². The molecule has 0 aromatic heterocycles. The summed E-state index contributed by atoms with van der Waals surface area (Å²) in [7, 11) is 0. The second-order valence-corrected chi connectivity index (χ2v) is 3.61. The molecular formula is C10H11ClFNO2. The van der Waals surface area contributed by atoms with Crippen LogP contribution in [0.4, 0.5) is 14.9 Å². The highest BCUT2D eigenvalue weighted by molar-refractivity contribution is 6.33. The number of carbonyl (C=O) groups excluding carboxylic acids is 1. The SMILES string of the molecule is CC(C)OC(=O)Nc1cc(F)ccc1Cl. The number of hydrogen-bond donors (Lipinski definition) is 1. The summed E-state index contributed by atoms with van der Waals surface area (Å²) in [5.74, 6) is -0.473. The lowest BCUT2D eigenvalue weighted by molar-refractivity contribution is 0.130. The average Bonchev–Trinajstić information content (AvgIpc) is 2.10. The van der Waals surface area contributed by atoms with Gasteiger partial charge in [-0.15, -0.1) is 0 Å². The summed E-state index contributed by atoms with van der Waals surface area (Å²) in [5.41, 5.74) is 0.197. The summed E-state index contributed by atoms with van der Waals surface area (Å²) in [4.78, 5) is 11.2. The van der Waals surface area contributed by atoms with E-state index in [1.165, 1.54) is 12.1 Å². The predicted molar refractivity (Wildman–Crippen MR) is 56.6 cm³/mol. The number of benzene rings is 1. The van der Waals surface area contributed by atoms with E-state index in [1.54, 1.807) is 13.8 Å². The average molecular weight is 232 g/mol. The predicted octanol–water partition coefficient (Wildman–Crippen LogP) is 3.44. The highest BCUT2D eigenvalue weighted by atomic mass is 35.5. The second-order valence-electron chi connectivity index (χ2n) is 3.20. The Labute approximate surface area is 92.2 Å². The van der Waals surface area contributed by atoms with Crippen LogP contribution in [0.5, 0.6) is 0 Å². The lowest BCUT2D eigenvalue weighted by Gasteiger charge is -2.10. The van der Waals surface area contributed by atoms with Crippen LogP contribution in [0, 0.1) is 5.82 Å². The van der Waals surface area contributed by atoms with Gasteiger partial charge in [-0.25, -0.2) is 9.18 Å². The van der Waals surface area contributed by atoms with E-state index < -0.39 is 11.9 Å². The van der Waals surface area contributed by atoms with Gasteiger partial charge in [0.05, 0.1) is 16.8 Å². The van der Waals surface area contributed by atoms with Gasteiger partial charge in [-0.1, -0.05) is 11.6 Å². The third-order valence-corrected chi connectivity index (χ3v) is 1.84. The van der Waals surface area contributed by atoms with Gasteiger partial charge < -0.3 is 4.74 Å². The number of anilines is 1. The van der Waals surface area contributed by atoms with E-state index in [9.17, 15) is 9.18 Å². The molecule has 1 N–H and O–H groups in total. The molecule has 0 fully saturated rings. The highest BCUT2D eigenvalue weighted by Crippen LogP contribution is 2.22. The molecule has 1 aromatic carbocycles. The molecule has 15 heavy (non-hydrogen) atoms. The van der Waals surface area contributed by atoms with Crippen molar-refractivity contribution in [3.63, 3.8) is 0 Å². The van der Waals surface area contributed by atoms with Crippen LogP contribution in [0.3, 0.4) is 0 Å². The van der Waals surface area contributed by atoms with Gasteiger partial charge in [0.25, 0.3) is 0 Å². The van der Waals surface area contributed by atoms with E-state index in [1.807, 2.05) is 0 Å². The van der Waals surface area contributed by atoms with E-state index in [2.05, 4.69) is 5.32 Å². The van der Waals surface area contributed by atoms with Crippen molar-refractivity contribution < 1.29 is 13.9 Å². The van der Waals surface area contributed by atoms with E-state index in [4.69, 9.17) is 16.3 Å². The maximum absolute atomic E-state index is 12.8. The Bertz CT molecular complexity index is 368. The van der Waals surface area contributed by atoms with Gasteiger partial charge in [0.15, 0.2) is 0 Å². The third kappa shape index (κ3) is 3.75. The van der Waals surface area contributed by atoms with Gasteiger partial charge in [0.2, 0.25) is 0 Å². The number of halogens is 2. The van der Waals surface area contributed by atoms with Gasteiger partial charge in [-0.3, -0.25) is 5.32 Å². The highest BCUT2D eigenvalue weighted by Gasteiger charge is 2.08. The summed E-state index contributed by atoms with van der Waals surface area (Å²) in [6.07, 6.45) is -0.894. The zero-order valence-corrected chi connectivity index (χ0v) is 9.14. The van der Waals surface area contributed by atoms with Gasteiger partial charge in [-0.2, -0.15) is 0 Å². The third-order valence-electron chi connectivity index (χ3n) is 1.51. The van der Waals surface area contributed by atoms with Gasteiger partial charge in [-0.05, 0) is 32.0 Å². The lowest BCUT2D eigenvalue weighted by Crippen LogP contribution is -2.18. The fraction of sp³-hybridized carbons (Fsp3) is 0.300. The van der Waals surface area contributed by atoms with Crippen LogP contribution < -0.4 is 5.32 Å². The zero-order valence-electron chi connectivity index (χ0n) is 8.38. The number of rotatable bonds is 2. The number of amides is 1. The standard InChI is InChI=1S/C10H11ClFNO2/c1-6(2)15-10(14)13-9-5-7(12)3-4-8(9)11/h3-6H,1-2H3,(H,13,14). The van der Waals surface area contributed by atoms with Crippen LogP contribution in [-0.2, 0) is 4.74 Å². The van der Waals surface area contributed by atoms with Gasteiger partial charge >= 0.3 is 6.09 Å². The molecule has 5 heteroatoms. The first kappa shape index (κ1) is 11.8. The topological polar surface area (TPSA) is 38.3 Å². The van der Waals surface area contributed by atoms with Gasteiger partial charge in [0, 0.05) is 0 Å². The smallest absolute Gasteiger partial charge is 0.411 e. The summed E-state index contributed by atoms with van der Waals surface area (Å²) < 4.78 is 17.6. The maximum atomic E-state index is 12.8. The molecule has 0 atom stereocenters. The van der Waals surface area contributed by atoms with Crippen LogP contribution in [0.1, 0.15) is 13.8 Å². The molecule has 0 radical (unpaired) electrons. The van der Waals surface area contributed by atoms with Crippen molar-refractivity contribution in [3.8, 4) is 0 Å². The molecule has 0 spiro atoms. The first-order valence-electron chi connectivity index (χ1n) is 4.41. The molecular weight excluding hydrogens is 221 g/mol. The molecule has 0 saturated heterocycles. The van der Waals surface area contributed by atoms with Crippen molar-refractivity contribution >= 4 is 23.4 Å². The molecule has 0 saturated carbocycles. The molecule has 1 amide bonds. The van der Waals surface area contributed by atoms with E-state index >= 15 is 0 Å². The van der Waals surface area contributed by atoms with Crippen molar-refractivity contribution in [1.29, 1.82) is 0 Å². The van der Waals surface area contributed by atoms with Crippen LogP contribution in [-0.4, -0.2) is 12.2 Å². The number of carbonyl (C=O) groups is 1. The Kier molecular flexibility index (Phi) is 3.91. The van der Waals surface area contributed by atoms with Crippen molar-refractivity contribution in [2.45, 2.75) is 20.0 Å². The Morgan fingerprint density at radius 1 is 1.53 bits per heavy atom. The second kappa shape index (κ2) is 4.98. The molecule has 1 rings (SSSR count). The largest absolute Gasteiger partial charge is 0.447 e. The van der Waals surface area contributed by atoms with Crippen molar-refractivity contribution in [1.82, 2.24) is 0 Å². The minimum Gasteiger partial charge on any atom is -0.447 e. The van der Waals surface area contributed by atoms with Crippen LogP contribution in [0.15, 0.2) is 18.2 Å². The number of hydrogen-bond acceptors (Lipinski definition) is 2. The Morgan fingerprint density at radius 3 is 2.80 bits per heavy atom. The monoisotopic (exact) mass is 231 g/mol. The Hall–Kier alpha value is -1.29. The molecule has 0 aliphatic heterocycles. The fourth-order valence-electron chi connectivity index (χ4n) is 0.947. The summed E-state index contributed by atoms with van der Waals surface area (Å²) in [5, 5.41) is 2.61. The van der Waals surface area contributed by atoms with E-state index in [0.29, 0.717) is 0 Å². The molecule has 3 nitrogen and oxygen atoms in total. The van der Waals surface area contributed by atoms with E-state index in [-0.39, 0.29) is 16.8 Å². The van der Waals surface area contributed by atoms with Crippen molar-refractivity contribution in [3.05, 3.63) is 29.0 Å². The Balaban J connectivity index is 2.71. The number of nitrogens with one attached hydrogen (secondary N) is 1. The molecule has 0 heterocycles. The first-order valence-corrected chi connectivity index (χ1v) is 4.79. The quantitative estimate of drug-likeness (QED) is 0.847. The first-order chi connectivity index (χ1) is 6.99. The van der Waals surface area contributed by atoms with Crippen molar-refractivity contribution in [2.24, 2.45) is 0 Å². The molecule has 0 aliphatic rings. The lowest BCUT2D eigenvalue weighted by atomic mass is 10.3. The maximum Gasteiger partial charge on any atom is 0.411 e. The minimum atomic E-state index is -0.655. The summed E-state index contributed by atoms with van der Waals surface area (Å²) >= 11 is 5.74. The molecule has 82 valence electrons. The molecule has 0 aliphatic carbocycles. The molecule has 0 unspecified atom stereocenters. The summed E-state index contributed by atoms with van der Waals surface area (Å²) in [6, 6.07) is 3.70. The minimum absolute atomic E-state index is 0.197. The molecule has 0 bridgehead atoms. The Morgan fingerprint density at radius 2 is 2.20 bits per heavy atom. The van der Waals surface area contributed by atoms with Gasteiger partial charge in [0.1, 0.15) is 5.82 Å². The number of ether oxygens (including phenoxy) is 1. The molecule has 1 aromatic rings.